The van der Waals surface area contributed by atoms with Gasteiger partial charge < -0.3 is 23.4 Å². The zero-order valence-corrected chi connectivity index (χ0v) is 20.2. The van der Waals surface area contributed by atoms with Crippen LogP contribution in [0.25, 0.3) is 11.7 Å². The molecule has 5 rings (SSSR count). The van der Waals surface area contributed by atoms with E-state index in [9.17, 15) is 10.1 Å². The minimum absolute atomic E-state index is 0.00409. The lowest BCUT2D eigenvalue weighted by atomic mass is 10.1. The Kier molecular flexibility index (Phi) is 6.46. The predicted octanol–water partition coefficient (Wildman–Crippen LogP) is 4.96. The van der Waals surface area contributed by atoms with Gasteiger partial charge in [0.05, 0.1) is 0 Å². The highest BCUT2D eigenvalue weighted by atomic mass is 16.5. The molecule has 1 aliphatic rings. The molecular formula is C28H26N4O4. The molecule has 0 atom stereocenters. The van der Waals surface area contributed by atoms with Crippen molar-refractivity contribution in [2.45, 2.75) is 20.5 Å². The fourth-order valence-electron chi connectivity index (χ4n) is 4.13. The van der Waals surface area contributed by atoms with Gasteiger partial charge in [0.1, 0.15) is 24.2 Å². The second kappa shape index (κ2) is 10.0. The molecule has 0 bridgehead atoms. The van der Waals surface area contributed by atoms with Crippen LogP contribution in [0.2, 0.25) is 0 Å². The number of benzene rings is 2. The first-order valence-electron chi connectivity index (χ1n) is 11.8. The number of piperazine rings is 1. The Morgan fingerprint density at radius 3 is 2.50 bits per heavy atom. The standard InChI is InChI=1S/C28H26N4O4/c1-19-6-8-21(9-7-19)27(33)31-12-14-32(15-13-31)28-24(17-29)30-26(36-28)25-11-10-23(35-25)18-34-22-5-3-4-20(2)16-22/h3-11,16H,12-15,18H2,1-2H3. The summed E-state index contributed by atoms with van der Waals surface area (Å²) >= 11 is 0. The van der Waals surface area contributed by atoms with Gasteiger partial charge in [0, 0.05) is 31.7 Å². The number of ether oxygens (including phenoxy) is 1. The van der Waals surface area contributed by atoms with Crippen LogP contribution in [-0.2, 0) is 6.61 Å². The Morgan fingerprint density at radius 1 is 1.00 bits per heavy atom. The molecule has 0 unspecified atom stereocenters. The van der Waals surface area contributed by atoms with Crippen LogP contribution in [0.4, 0.5) is 5.88 Å². The minimum Gasteiger partial charge on any atom is -0.486 e. The molecule has 1 aliphatic heterocycles. The molecule has 4 aromatic rings. The zero-order valence-electron chi connectivity index (χ0n) is 20.2. The van der Waals surface area contributed by atoms with Gasteiger partial charge in [0.2, 0.25) is 11.6 Å². The summed E-state index contributed by atoms with van der Waals surface area (Å²) in [5.74, 6) is 2.44. The van der Waals surface area contributed by atoms with Gasteiger partial charge in [-0.1, -0.05) is 29.8 Å². The molecule has 1 amide bonds. The number of carbonyl (C=O) groups excluding carboxylic acids is 1. The quantitative estimate of drug-likeness (QED) is 0.383. The maximum atomic E-state index is 12.8. The van der Waals surface area contributed by atoms with Crippen molar-refractivity contribution in [3.63, 3.8) is 0 Å². The van der Waals surface area contributed by atoms with Crippen LogP contribution in [0.5, 0.6) is 5.75 Å². The van der Waals surface area contributed by atoms with E-state index >= 15 is 0 Å². The van der Waals surface area contributed by atoms with Gasteiger partial charge in [0.15, 0.2) is 5.76 Å². The lowest BCUT2D eigenvalue weighted by Gasteiger charge is -2.34. The molecule has 2 aromatic heterocycles. The number of nitriles is 1. The first-order chi connectivity index (χ1) is 17.5. The highest BCUT2D eigenvalue weighted by molar-refractivity contribution is 5.94. The average molecular weight is 483 g/mol. The van der Waals surface area contributed by atoms with Crippen LogP contribution in [0.15, 0.2) is 69.5 Å². The van der Waals surface area contributed by atoms with Crippen molar-refractivity contribution < 1.29 is 18.4 Å². The SMILES string of the molecule is Cc1ccc(C(=O)N2CCN(c3oc(-c4ccc(COc5cccc(C)c5)o4)nc3C#N)CC2)cc1. The molecule has 36 heavy (non-hydrogen) atoms. The Balaban J connectivity index is 1.24. The van der Waals surface area contributed by atoms with E-state index in [-0.39, 0.29) is 24.1 Å². The van der Waals surface area contributed by atoms with Gasteiger partial charge in [-0.2, -0.15) is 10.2 Å². The van der Waals surface area contributed by atoms with Crippen LogP contribution in [0.1, 0.15) is 32.9 Å². The Bertz CT molecular complexity index is 1410. The third-order valence-electron chi connectivity index (χ3n) is 6.11. The van der Waals surface area contributed by atoms with E-state index in [0.717, 1.165) is 16.9 Å². The van der Waals surface area contributed by atoms with Gasteiger partial charge in [-0.05, 0) is 55.8 Å². The zero-order chi connectivity index (χ0) is 25.1. The van der Waals surface area contributed by atoms with Gasteiger partial charge in [-0.3, -0.25) is 4.79 Å². The van der Waals surface area contributed by atoms with Crippen LogP contribution < -0.4 is 9.64 Å². The van der Waals surface area contributed by atoms with Crippen molar-refractivity contribution in [1.82, 2.24) is 9.88 Å². The van der Waals surface area contributed by atoms with Crippen LogP contribution >= 0.6 is 0 Å². The Morgan fingerprint density at radius 2 is 1.78 bits per heavy atom. The number of aromatic nitrogens is 1. The van der Waals surface area contributed by atoms with Crippen molar-refractivity contribution in [2.24, 2.45) is 0 Å². The van der Waals surface area contributed by atoms with Crippen molar-refractivity contribution >= 4 is 11.8 Å². The summed E-state index contributed by atoms with van der Waals surface area (Å²) in [5.41, 5.74) is 3.10. The molecule has 3 heterocycles. The third kappa shape index (κ3) is 4.96. The van der Waals surface area contributed by atoms with E-state index in [1.807, 2.05) is 72.2 Å². The maximum absolute atomic E-state index is 12.8. The molecule has 2 aromatic carbocycles. The van der Waals surface area contributed by atoms with E-state index in [0.29, 0.717) is 49.1 Å². The van der Waals surface area contributed by atoms with Gasteiger partial charge >= 0.3 is 0 Å². The number of furan rings is 1. The number of anilines is 1. The summed E-state index contributed by atoms with van der Waals surface area (Å²) in [4.78, 5) is 20.9. The minimum atomic E-state index is 0.00409. The molecule has 8 heteroatoms. The molecule has 0 N–H and O–H groups in total. The summed E-state index contributed by atoms with van der Waals surface area (Å²) in [5, 5.41) is 9.64. The van der Waals surface area contributed by atoms with E-state index < -0.39 is 0 Å². The number of hydrogen-bond acceptors (Lipinski definition) is 7. The molecule has 0 radical (unpaired) electrons. The number of hydrogen-bond donors (Lipinski definition) is 0. The highest BCUT2D eigenvalue weighted by Gasteiger charge is 2.27. The smallest absolute Gasteiger partial charge is 0.266 e. The van der Waals surface area contributed by atoms with E-state index in [4.69, 9.17) is 13.6 Å². The lowest BCUT2D eigenvalue weighted by Crippen LogP contribution is -2.48. The largest absolute Gasteiger partial charge is 0.486 e. The van der Waals surface area contributed by atoms with Crippen LogP contribution in [-0.4, -0.2) is 42.0 Å². The summed E-state index contributed by atoms with van der Waals surface area (Å²) in [6.07, 6.45) is 0. The molecule has 1 fully saturated rings. The predicted molar refractivity (Wildman–Crippen MR) is 134 cm³/mol. The average Bonchev–Trinajstić information content (AvgIpc) is 3.55. The first-order valence-corrected chi connectivity index (χ1v) is 11.8. The summed E-state index contributed by atoms with van der Waals surface area (Å²) < 4.78 is 17.6. The van der Waals surface area contributed by atoms with E-state index in [2.05, 4.69) is 11.1 Å². The summed E-state index contributed by atoms with van der Waals surface area (Å²) in [7, 11) is 0. The Hall–Kier alpha value is -4.51. The first kappa shape index (κ1) is 23.2. The summed E-state index contributed by atoms with van der Waals surface area (Å²) in [6.45, 7) is 6.38. The van der Waals surface area contributed by atoms with Crippen molar-refractivity contribution in [3.05, 3.63) is 88.8 Å². The van der Waals surface area contributed by atoms with Crippen LogP contribution in [0, 0.1) is 25.2 Å². The normalized spacial score (nSPS) is 13.5. The highest BCUT2D eigenvalue weighted by Crippen LogP contribution is 2.30. The monoisotopic (exact) mass is 482 g/mol. The van der Waals surface area contributed by atoms with Crippen molar-refractivity contribution in [2.75, 3.05) is 31.1 Å². The summed E-state index contributed by atoms with van der Waals surface area (Å²) in [6, 6.07) is 21.0. The fraction of sp³-hybridized carbons (Fsp3) is 0.250. The number of oxazole rings is 1. The second-order valence-electron chi connectivity index (χ2n) is 8.80. The van der Waals surface area contributed by atoms with Crippen molar-refractivity contribution in [1.29, 1.82) is 5.26 Å². The van der Waals surface area contributed by atoms with Crippen molar-refractivity contribution in [3.8, 4) is 23.5 Å². The fourth-order valence-corrected chi connectivity index (χ4v) is 4.13. The maximum Gasteiger partial charge on any atom is 0.266 e. The molecule has 0 saturated carbocycles. The lowest BCUT2D eigenvalue weighted by molar-refractivity contribution is 0.0745. The van der Waals surface area contributed by atoms with E-state index in [1.54, 1.807) is 12.1 Å². The molecule has 182 valence electrons. The van der Waals surface area contributed by atoms with Gasteiger partial charge in [-0.25, -0.2) is 0 Å². The molecule has 8 nitrogen and oxygen atoms in total. The van der Waals surface area contributed by atoms with Gasteiger partial charge in [-0.15, -0.1) is 0 Å². The Labute approximate surface area is 209 Å². The molecule has 1 saturated heterocycles. The number of nitrogens with zero attached hydrogens (tertiary/aromatic N) is 4. The number of aryl methyl sites for hydroxylation is 2. The van der Waals surface area contributed by atoms with E-state index in [1.165, 1.54) is 0 Å². The second-order valence-corrected chi connectivity index (χ2v) is 8.80. The van der Waals surface area contributed by atoms with Gasteiger partial charge in [0.25, 0.3) is 11.8 Å². The molecule has 0 spiro atoms. The van der Waals surface area contributed by atoms with Crippen LogP contribution in [0.3, 0.4) is 0 Å². The number of amides is 1. The third-order valence-corrected chi connectivity index (χ3v) is 6.11. The number of carbonyl (C=O) groups is 1. The number of rotatable bonds is 6. The molecule has 0 aliphatic carbocycles. The molecular weight excluding hydrogens is 456 g/mol. The topological polar surface area (TPSA) is 95.7 Å².